The van der Waals surface area contributed by atoms with Gasteiger partial charge in [-0.3, -0.25) is 0 Å². The van der Waals surface area contributed by atoms with Gasteiger partial charge in [0.05, 0.1) is 5.75 Å². The molecule has 0 atom stereocenters. The molecule has 0 bridgehead atoms. The second-order valence-electron chi connectivity index (χ2n) is 5.04. The molecule has 0 amide bonds. The van der Waals surface area contributed by atoms with Gasteiger partial charge >= 0.3 is 6.18 Å². The summed E-state index contributed by atoms with van der Waals surface area (Å²) < 4.78 is 68.0. The van der Waals surface area contributed by atoms with Gasteiger partial charge in [-0.2, -0.15) is 13.2 Å². The van der Waals surface area contributed by atoms with Crippen molar-refractivity contribution in [3.05, 3.63) is 58.7 Å². The number of halogens is 4. The number of hydrogen-bond acceptors (Lipinski definition) is 4. The quantitative estimate of drug-likeness (QED) is 0.782. The molecule has 25 heavy (non-hydrogen) atoms. The van der Waals surface area contributed by atoms with Crippen molar-refractivity contribution in [2.24, 2.45) is 0 Å². The first-order valence-electron chi connectivity index (χ1n) is 7.00. The minimum absolute atomic E-state index is 0.189. The topological polar surface area (TPSA) is 68.3 Å². The Hall–Kier alpha value is -1.84. The molecule has 1 heterocycles. The summed E-state index contributed by atoms with van der Waals surface area (Å²) >= 11 is 5.93. The molecule has 0 spiro atoms. The molecule has 0 unspecified atom stereocenters. The molecule has 5 nitrogen and oxygen atoms in total. The molecule has 10 heteroatoms. The lowest BCUT2D eigenvalue weighted by atomic mass is 10.2. The number of alkyl halides is 3. The number of hydrogen-bond donors (Lipinski definition) is 1. The minimum atomic E-state index is -4.52. The zero-order valence-electron chi connectivity index (χ0n) is 12.8. The number of ether oxygens (including phenoxy) is 1. The van der Waals surface area contributed by atoms with Crippen LogP contribution in [0.5, 0.6) is 5.88 Å². The molecule has 0 saturated heterocycles. The zero-order valence-corrected chi connectivity index (χ0v) is 14.3. The van der Waals surface area contributed by atoms with E-state index in [0.717, 1.165) is 0 Å². The molecule has 0 saturated carbocycles. The molecule has 136 valence electrons. The maximum absolute atomic E-state index is 12.3. The van der Waals surface area contributed by atoms with E-state index in [1.54, 1.807) is 24.3 Å². The summed E-state index contributed by atoms with van der Waals surface area (Å²) in [6.45, 7) is -1.77. The lowest BCUT2D eigenvalue weighted by Crippen LogP contribution is -2.26. The van der Waals surface area contributed by atoms with E-state index < -0.39 is 22.8 Å². The smallest absolute Gasteiger partial charge is 0.422 e. The maximum Gasteiger partial charge on any atom is 0.422 e. The van der Waals surface area contributed by atoms with E-state index in [4.69, 9.17) is 11.6 Å². The molecule has 1 N–H and O–H groups in total. The fraction of sp³-hybridized carbons (Fsp3) is 0.267. The van der Waals surface area contributed by atoms with Crippen LogP contribution in [0.3, 0.4) is 0 Å². The third-order valence-electron chi connectivity index (χ3n) is 3.01. The van der Waals surface area contributed by atoms with Gasteiger partial charge in [0, 0.05) is 23.3 Å². The normalized spacial score (nSPS) is 12.2. The number of sulfonamides is 1. The van der Waals surface area contributed by atoms with Gasteiger partial charge < -0.3 is 4.74 Å². The Morgan fingerprint density at radius 2 is 1.80 bits per heavy atom. The largest absolute Gasteiger partial charge is 0.468 e. The van der Waals surface area contributed by atoms with Crippen LogP contribution in [-0.4, -0.2) is 26.2 Å². The third kappa shape index (κ3) is 6.52. The first-order chi connectivity index (χ1) is 11.7. The van der Waals surface area contributed by atoms with Crippen LogP contribution >= 0.6 is 11.6 Å². The Labute approximate surface area is 147 Å². The van der Waals surface area contributed by atoms with Crippen LogP contribution in [0.25, 0.3) is 0 Å². The Morgan fingerprint density at radius 3 is 2.48 bits per heavy atom. The first-order valence-corrected chi connectivity index (χ1v) is 9.03. The Kier molecular flexibility index (Phi) is 6.26. The molecule has 1 aromatic carbocycles. The van der Waals surface area contributed by atoms with E-state index in [-0.39, 0.29) is 23.7 Å². The summed E-state index contributed by atoms with van der Waals surface area (Å²) in [7, 11) is -3.76. The molecule has 2 rings (SSSR count). The standard InChI is InChI=1S/C15H14ClF3N2O3S/c16-13-6-2-1-4-12(13)9-25(22,23)21-8-11-5-3-7-20-14(11)24-10-15(17,18)19/h1-7,21H,8-10H2. The minimum Gasteiger partial charge on any atom is -0.468 e. The van der Waals surface area contributed by atoms with E-state index in [2.05, 4.69) is 14.4 Å². The SMILES string of the molecule is O=S(=O)(Cc1ccccc1Cl)NCc1cccnc1OCC(F)(F)F. The summed E-state index contributed by atoms with van der Waals surface area (Å²) in [5.74, 6) is -0.633. The van der Waals surface area contributed by atoms with Crippen molar-refractivity contribution in [1.82, 2.24) is 9.71 Å². The van der Waals surface area contributed by atoms with Gasteiger partial charge in [0.15, 0.2) is 6.61 Å². The van der Waals surface area contributed by atoms with Crippen LogP contribution in [0.2, 0.25) is 5.02 Å². The summed E-state index contributed by atoms with van der Waals surface area (Å²) in [6, 6.07) is 9.36. The molecule has 0 aliphatic heterocycles. The number of nitrogens with one attached hydrogen (secondary N) is 1. The monoisotopic (exact) mass is 394 g/mol. The van der Waals surface area contributed by atoms with Crippen LogP contribution in [0.1, 0.15) is 11.1 Å². The summed E-state index contributed by atoms with van der Waals surface area (Å²) in [6.07, 6.45) is -3.26. The van der Waals surface area contributed by atoms with Crippen LogP contribution in [-0.2, 0) is 22.3 Å². The van der Waals surface area contributed by atoms with Gasteiger partial charge in [0.1, 0.15) is 0 Å². The van der Waals surface area contributed by atoms with E-state index in [0.29, 0.717) is 10.6 Å². The lowest BCUT2D eigenvalue weighted by Gasteiger charge is -2.13. The molecular formula is C15H14ClF3N2O3S. The predicted molar refractivity (Wildman–Crippen MR) is 86.7 cm³/mol. The zero-order chi connectivity index (χ0) is 18.5. The highest BCUT2D eigenvalue weighted by atomic mass is 35.5. The number of pyridine rings is 1. The van der Waals surface area contributed by atoms with E-state index >= 15 is 0 Å². The predicted octanol–water partition coefficient (Wildman–Crippen LogP) is 3.30. The van der Waals surface area contributed by atoms with Crippen molar-refractivity contribution in [2.45, 2.75) is 18.5 Å². The highest BCUT2D eigenvalue weighted by molar-refractivity contribution is 7.88. The van der Waals surface area contributed by atoms with Crippen LogP contribution in [0.15, 0.2) is 42.6 Å². The second-order valence-corrected chi connectivity index (χ2v) is 7.26. The van der Waals surface area contributed by atoms with Crippen LogP contribution in [0.4, 0.5) is 13.2 Å². The average molecular weight is 395 g/mol. The van der Waals surface area contributed by atoms with Crippen LogP contribution in [0, 0.1) is 0 Å². The fourth-order valence-corrected chi connectivity index (χ4v) is 3.32. The molecular weight excluding hydrogens is 381 g/mol. The van der Waals surface area contributed by atoms with Gasteiger partial charge in [0.25, 0.3) is 0 Å². The molecule has 2 aromatic rings. The van der Waals surface area contributed by atoms with Crippen molar-refractivity contribution in [1.29, 1.82) is 0 Å². The number of benzene rings is 1. The lowest BCUT2D eigenvalue weighted by molar-refractivity contribution is -0.154. The van der Waals surface area contributed by atoms with Gasteiger partial charge in [-0.25, -0.2) is 18.1 Å². The summed E-state index contributed by atoms with van der Waals surface area (Å²) in [5.41, 5.74) is 0.603. The first kappa shape index (κ1) is 19.5. The third-order valence-corrected chi connectivity index (χ3v) is 4.65. The van der Waals surface area contributed by atoms with E-state index in [1.807, 2.05) is 0 Å². The molecule has 1 aromatic heterocycles. The number of aromatic nitrogens is 1. The Balaban J connectivity index is 2.04. The molecule has 0 radical (unpaired) electrons. The maximum atomic E-state index is 12.3. The van der Waals surface area contributed by atoms with Crippen molar-refractivity contribution in [3.8, 4) is 5.88 Å². The summed E-state index contributed by atoms with van der Waals surface area (Å²) in [5, 5.41) is 0.309. The Morgan fingerprint density at radius 1 is 1.12 bits per heavy atom. The average Bonchev–Trinajstić information content (AvgIpc) is 2.53. The molecule has 0 fully saturated rings. The fourth-order valence-electron chi connectivity index (χ4n) is 1.90. The van der Waals surface area contributed by atoms with Crippen molar-refractivity contribution >= 4 is 21.6 Å². The molecule has 0 aliphatic rings. The highest BCUT2D eigenvalue weighted by Crippen LogP contribution is 2.21. The summed E-state index contributed by atoms with van der Waals surface area (Å²) in [4.78, 5) is 3.70. The molecule has 0 aliphatic carbocycles. The van der Waals surface area contributed by atoms with E-state index in [1.165, 1.54) is 18.3 Å². The van der Waals surface area contributed by atoms with Gasteiger partial charge in [0.2, 0.25) is 15.9 Å². The van der Waals surface area contributed by atoms with Crippen molar-refractivity contribution < 1.29 is 26.3 Å². The number of rotatable bonds is 7. The van der Waals surface area contributed by atoms with Gasteiger partial charge in [-0.15, -0.1) is 0 Å². The van der Waals surface area contributed by atoms with Gasteiger partial charge in [-0.05, 0) is 17.7 Å². The van der Waals surface area contributed by atoms with Crippen LogP contribution < -0.4 is 9.46 Å². The van der Waals surface area contributed by atoms with Crippen molar-refractivity contribution in [3.63, 3.8) is 0 Å². The number of nitrogens with zero attached hydrogens (tertiary/aromatic N) is 1. The van der Waals surface area contributed by atoms with E-state index in [9.17, 15) is 21.6 Å². The second kappa shape index (κ2) is 8.03. The highest BCUT2D eigenvalue weighted by Gasteiger charge is 2.29. The van der Waals surface area contributed by atoms with Crippen molar-refractivity contribution in [2.75, 3.05) is 6.61 Å². The van der Waals surface area contributed by atoms with Gasteiger partial charge in [-0.1, -0.05) is 35.9 Å². The Bertz CT molecular complexity index is 829.